The van der Waals surface area contributed by atoms with Crippen molar-refractivity contribution in [1.29, 1.82) is 0 Å². The largest absolute Gasteiger partial charge is 0.393 e. The summed E-state index contributed by atoms with van der Waals surface area (Å²) in [5, 5.41) is 10.4. The quantitative estimate of drug-likeness (QED) is 0.842. The fourth-order valence-corrected chi connectivity index (χ4v) is 4.07. The van der Waals surface area contributed by atoms with Crippen LogP contribution in [0.15, 0.2) is 24.3 Å². The van der Waals surface area contributed by atoms with Crippen molar-refractivity contribution in [2.75, 3.05) is 0 Å². The molecule has 2 fully saturated rings. The van der Waals surface area contributed by atoms with Crippen LogP contribution in [0.4, 0.5) is 0 Å². The van der Waals surface area contributed by atoms with E-state index in [1.165, 1.54) is 17.5 Å². The summed E-state index contributed by atoms with van der Waals surface area (Å²) in [6.07, 6.45) is 1.98. The first kappa shape index (κ1) is 14.1. The number of rotatable bonds is 1. The third-order valence-corrected chi connectivity index (χ3v) is 5.54. The highest BCUT2D eigenvalue weighted by molar-refractivity contribution is 5.26. The molecule has 0 unspecified atom stereocenters. The lowest BCUT2D eigenvalue weighted by Gasteiger charge is -2.53. The van der Waals surface area contributed by atoms with Crippen LogP contribution in [-0.4, -0.2) is 16.8 Å². The second kappa shape index (κ2) is 4.85. The number of aryl methyl sites for hydroxylation is 1. The van der Waals surface area contributed by atoms with Gasteiger partial charge >= 0.3 is 0 Å². The van der Waals surface area contributed by atoms with Crippen molar-refractivity contribution in [3.05, 3.63) is 35.4 Å². The second-order valence-electron chi connectivity index (χ2n) is 7.31. The van der Waals surface area contributed by atoms with Gasteiger partial charge in [0.05, 0.1) is 17.8 Å². The van der Waals surface area contributed by atoms with Gasteiger partial charge in [0.15, 0.2) is 0 Å². The first-order chi connectivity index (χ1) is 9.38. The van der Waals surface area contributed by atoms with Gasteiger partial charge < -0.3 is 9.84 Å². The lowest BCUT2D eigenvalue weighted by molar-refractivity contribution is -0.215. The van der Waals surface area contributed by atoms with Crippen molar-refractivity contribution in [1.82, 2.24) is 0 Å². The Morgan fingerprint density at radius 3 is 2.70 bits per heavy atom. The molecule has 110 valence electrons. The highest BCUT2D eigenvalue weighted by Crippen LogP contribution is 2.52. The summed E-state index contributed by atoms with van der Waals surface area (Å²) in [6.45, 7) is 8.66. The van der Waals surface area contributed by atoms with Crippen LogP contribution in [0.1, 0.15) is 50.8 Å². The molecule has 1 aromatic carbocycles. The van der Waals surface area contributed by atoms with Crippen LogP contribution >= 0.6 is 0 Å². The zero-order valence-electron chi connectivity index (χ0n) is 13.0. The van der Waals surface area contributed by atoms with Crippen molar-refractivity contribution in [2.45, 2.75) is 58.3 Å². The molecule has 0 amide bonds. The van der Waals surface area contributed by atoms with Gasteiger partial charge in [0, 0.05) is 0 Å². The molecule has 2 aliphatic rings. The third kappa shape index (κ3) is 2.29. The summed E-state index contributed by atoms with van der Waals surface area (Å²) in [7, 11) is 0. The van der Waals surface area contributed by atoms with Crippen molar-refractivity contribution < 1.29 is 9.84 Å². The number of benzene rings is 1. The molecule has 1 aromatic rings. The number of hydrogen-bond donors (Lipinski definition) is 1. The van der Waals surface area contributed by atoms with Crippen LogP contribution in [0, 0.1) is 24.7 Å². The van der Waals surface area contributed by atoms with E-state index in [0.717, 1.165) is 6.42 Å². The average Bonchev–Trinajstić information content (AvgIpc) is 2.38. The average molecular weight is 274 g/mol. The van der Waals surface area contributed by atoms with Gasteiger partial charge in [-0.05, 0) is 56.9 Å². The number of ether oxygens (including phenoxy) is 1. The maximum atomic E-state index is 10.4. The first-order valence-corrected chi connectivity index (χ1v) is 7.81. The number of aliphatic hydroxyl groups excluding tert-OH is 1. The second-order valence-corrected chi connectivity index (χ2v) is 7.31. The maximum Gasteiger partial charge on any atom is 0.0864 e. The molecule has 1 N–H and O–H groups in total. The Morgan fingerprint density at radius 2 is 2.00 bits per heavy atom. The van der Waals surface area contributed by atoms with Gasteiger partial charge in [-0.25, -0.2) is 0 Å². The molecule has 2 bridgehead atoms. The molecule has 1 aliphatic carbocycles. The van der Waals surface area contributed by atoms with Crippen molar-refractivity contribution >= 4 is 0 Å². The van der Waals surface area contributed by atoms with E-state index in [1.807, 2.05) is 0 Å². The van der Waals surface area contributed by atoms with Crippen LogP contribution in [0.2, 0.25) is 0 Å². The maximum absolute atomic E-state index is 10.4. The van der Waals surface area contributed by atoms with Crippen molar-refractivity contribution in [3.8, 4) is 0 Å². The number of fused-ring (bicyclic) bond motifs is 2. The molecule has 3 rings (SSSR count). The van der Waals surface area contributed by atoms with E-state index in [9.17, 15) is 5.11 Å². The summed E-state index contributed by atoms with van der Waals surface area (Å²) in [4.78, 5) is 0. The minimum absolute atomic E-state index is 0.117. The Hall–Kier alpha value is -0.860. The summed E-state index contributed by atoms with van der Waals surface area (Å²) in [6, 6.07) is 8.63. The lowest BCUT2D eigenvalue weighted by Crippen LogP contribution is -2.52. The number of aliphatic hydroxyl groups is 1. The number of hydrogen-bond acceptors (Lipinski definition) is 2. The van der Waals surface area contributed by atoms with Crippen LogP contribution in [0.25, 0.3) is 0 Å². The summed E-state index contributed by atoms with van der Waals surface area (Å²) in [5.74, 6) is 1.21. The zero-order valence-corrected chi connectivity index (χ0v) is 13.0. The third-order valence-electron chi connectivity index (χ3n) is 5.54. The molecule has 2 heteroatoms. The van der Waals surface area contributed by atoms with E-state index in [-0.39, 0.29) is 17.8 Å². The van der Waals surface area contributed by atoms with Crippen LogP contribution < -0.4 is 0 Å². The van der Waals surface area contributed by atoms with Gasteiger partial charge in [0.1, 0.15) is 0 Å². The van der Waals surface area contributed by atoms with E-state index in [0.29, 0.717) is 17.8 Å². The molecular formula is C18H26O2. The molecule has 1 saturated carbocycles. The molecule has 2 nitrogen and oxygen atoms in total. The zero-order chi connectivity index (χ0) is 14.5. The van der Waals surface area contributed by atoms with Crippen molar-refractivity contribution in [2.24, 2.45) is 17.8 Å². The molecule has 1 heterocycles. The first-order valence-electron chi connectivity index (χ1n) is 7.81. The Labute approximate surface area is 122 Å². The predicted molar refractivity (Wildman–Crippen MR) is 80.5 cm³/mol. The molecule has 0 aromatic heterocycles. The van der Waals surface area contributed by atoms with Crippen LogP contribution in [-0.2, 0) is 4.74 Å². The van der Waals surface area contributed by atoms with Gasteiger partial charge in [0.2, 0.25) is 0 Å². The molecular weight excluding hydrogens is 248 g/mol. The Balaban J connectivity index is 1.97. The summed E-state index contributed by atoms with van der Waals surface area (Å²) < 4.78 is 6.49. The molecule has 0 spiro atoms. The fourth-order valence-electron chi connectivity index (χ4n) is 4.07. The predicted octanol–water partition coefficient (Wildman–Crippen LogP) is 3.87. The van der Waals surface area contributed by atoms with Crippen LogP contribution in [0.3, 0.4) is 0 Å². The molecule has 5 atom stereocenters. The molecule has 1 aliphatic heterocycles. The minimum atomic E-state index is -0.186. The van der Waals surface area contributed by atoms with E-state index in [4.69, 9.17) is 4.74 Å². The lowest BCUT2D eigenvalue weighted by atomic mass is 9.63. The topological polar surface area (TPSA) is 29.5 Å². The Kier molecular flexibility index (Phi) is 3.42. The standard InChI is InChI=1S/C18H26O2/c1-11-6-5-7-13(8-11)17-15-9-14(18(3,4)20-17)10-16(19)12(15)2/h5-8,12,14-17,19H,9-10H2,1-4H3/t12-,14-,15-,16-,17-/m0/s1. The van der Waals surface area contributed by atoms with Crippen LogP contribution in [0.5, 0.6) is 0 Å². The Morgan fingerprint density at radius 1 is 1.25 bits per heavy atom. The SMILES string of the molecule is Cc1cccc([C@@H]2OC(C)(C)[C@H]3C[C@H]2[C@H](C)[C@@H](O)C3)c1. The van der Waals surface area contributed by atoms with Gasteiger partial charge in [0.25, 0.3) is 0 Å². The van der Waals surface area contributed by atoms with Crippen molar-refractivity contribution in [3.63, 3.8) is 0 Å². The van der Waals surface area contributed by atoms with E-state index in [2.05, 4.69) is 52.0 Å². The monoisotopic (exact) mass is 274 g/mol. The van der Waals surface area contributed by atoms with Gasteiger partial charge in [-0.1, -0.05) is 36.8 Å². The molecule has 0 radical (unpaired) electrons. The molecule has 1 saturated heterocycles. The Bertz CT molecular complexity index is 494. The minimum Gasteiger partial charge on any atom is -0.393 e. The highest BCUT2D eigenvalue weighted by atomic mass is 16.5. The van der Waals surface area contributed by atoms with Gasteiger partial charge in [-0.3, -0.25) is 0 Å². The van der Waals surface area contributed by atoms with E-state index in [1.54, 1.807) is 0 Å². The van der Waals surface area contributed by atoms with Gasteiger partial charge in [-0.2, -0.15) is 0 Å². The normalized spacial score (nSPS) is 39.5. The van der Waals surface area contributed by atoms with Gasteiger partial charge in [-0.15, -0.1) is 0 Å². The summed E-state index contributed by atoms with van der Waals surface area (Å²) in [5.41, 5.74) is 2.39. The highest BCUT2D eigenvalue weighted by Gasteiger charge is 2.50. The fraction of sp³-hybridized carbons (Fsp3) is 0.667. The van der Waals surface area contributed by atoms with E-state index >= 15 is 0 Å². The van der Waals surface area contributed by atoms with E-state index < -0.39 is 0 Å². The smallest absolute Gasteiger partial charge is 0.0864 e. The molecule has 20 heavy (non-hydrogen) atoms. The summed E-state index contributed by atoms with van der Waals surface area (Å²) >= 11 is 0.